The molecule has 1 atom stereocenters. The molecule has 152 valence electrons. The Morgan fingerprint density at radius 3 is 2.60 bits per heavy atom. The van der Waals surface area contributed by atoms with Gasteiger partial charge in [0.15, 0.2) is 0 Å². The Kier molecular flexibility index (Phi) is 5.74. The molecule has 1 aliphatic rings. The van der Waals surface area contributed by atoms with Gasteiger partial charge in [-0.25, -0.2) is 4.79 Å². The fraction of sp³-hybridized carbons (Fsp3) is 0.174. The number of carbonyl (C=O) groups is 2. The Hall–Kier alpha value is -2.90. The van der Waals surface area contributed by atoms with Crippen molar-refractivity contribution in [2.45, 2.75) is 19.5 Å². The molecule has 1 fully saturated rings. The van der Waals surface area contributed by atoms with E-state index in [1.54, 1.807) is 6.92 Å². The summed E-state index contributed by atoms with van der Waals surface area (Å²) in [5.41, 5.74) is 3.22. The van der Waals surface area contributed by atoms with Crippen molar-refractivity contribution in [2.75, 3.05) is 7.11 Å². The number of benzene rings is 2. The van der Waals surface area contributed by atoms with Crippen LogP contribution in [0.25, 0.3) is 17.0 Å². The lowest BCUT2D eigenvalue weighted by Crippen LogP contribution is -2.42. The van der Waals surface area contributed by atoms with Gasteiger partial charge in [-0.15, -0.1) is 0 Å². The van der Waals surface area contributed by atoms with Crippen molar-refractivity contribution in [3.05, 3.63) is 76.8 Å². The third-order valence-corrected chi connectivity index (χ3v) is 6.39. The van der Waals surface area contributed by atoms with Gasteiger partial charge in [0, 0.05) is 29.2 Å². The highest BCUT2D eigenvalue weighted by atomic mass is 32.2. The molecule has 1 aliphatic heterocycles. The Bertz CT molecular complexity index is 1170. The minimum absolute atomic E-state index is 0.275. The van der Waals surface area contributed by atoms with Crippen LogP contribution in [0.5, 0.6) is 0 Å². The predicted molar refractivity (Wildman–Crippen MR) is 124 cm³/mol. The highest BCUT2D eigenvalue weighted by molar-refractivity contribution is 8.26. The lowest BCUT2D eigenvalue weighted by atomic mass is 10.1. The van der Waals surface area contributed by atoms with Crippen molar-refractivity contribution in [3.63, 3.8) is 0 Å². The zero-order valence-electron chi connectivity index (χ0n) is 16.6. The molecule has 0 N–H and O–H groups in total. The van der Waals surface area contributed by atoms with Gasteiger partial charge < -0.3 is 9.30 Å². The summed E-state index contributed by atoms with van der Waals surface area (Å²) < 4.78 is 7.30. The van der Waals surface area contributed by atoms with E-state index in [1.165, 1.54) is 29.3 Å². The van der Waals surface area contributed by atoms with E-state index in [2.05, 4.69) is 22.8 Å². The third-order valence-electron chi connectivity index (χ3n) is 5.05. The Morgan fingerprint density at radius 1 is 1.17 bits per heavy atom. The average molecular weight is 437 g/mol. The van der Waals surface area contributed by atoms with Crippen molar-refractivity contribution in [1.29, 1.82) is 0 Å². The number of para-hydroxylation sites is 1. The molecule has 4 rings (SSSR count). The SMILES string of the molecule is COC(=O)[C@@H](C)N1C(=O)/C(=C\c2cn(Cc3ccccc3)c3ccccc23)SC1=S. The second-order valence-corrected chi connectivity index (χ2v) is 8.64. The van der Waals surface area contributed by atoms with E-state index >= 15 is 0 Å². The van der Waals surface area contributed by atoms with Crippen molar-refractivity contribution in [1.82, 2.24) is 9.47 Å². The first-order valence-corrected chi connectivity index (χ1v) is 10.7. The fourth-order valence-electron chi connectivity index (χ4n) is 3.53. The van der Waals surface area contributed by atoms with Gasteiger partial charge in [-0.2, -0.15) is 0 Å². The first kappa shape index (κ1) is 20.4. The normalized spacial score (nSPS) is 16.5. The van der Waals surface area contributed by atoms with Gasteiger partial charge in [0.05, 0.1) is 12.0 Å². The zero-order valence-corrected chi connectivity index (χ0v) is 18.2. The van der Waals surface area contributed by atoms with Crippen molar-refractivity contribution in [3.8, 4) is 0 Å². The Labute approximate surface area is 184 Å². The highest BCUT2D eigenvalue weighted by Crippen LogP contribution is 2.35. The van der Waals surface area contributed by atoms with Crippen molar-refractivity contribution in [2.24, 2.45) is 0 Å². The number of amides is 1. The largest absolute Gasteiger partial charge is 0.467 e. The molecule has 7 heteroatoms. The summed E-state index contributed by atoms with van der Waals surface area (Å²) in [4.78, 5) is 26.7. The van der Waals surface area contributed by atoms with E-state index < -0.39 is 12.0 Å². The number of methoxy groups -OCH3 is 1. The molecule has 5 nitrogen and oxygen atoms in total. The van der Waals surface area contributed by atoms with Crippen LogP contribution in [0.3, 0.4) is 0 Å². The minimum atomic E-state index is -0.757. The van der Waals surface area contributed by atoms with Crippen LogP contribution < -0.4 is 0 Å². The maximum absolute atomic E-state index is 13.0. The molecule has 0 spiro atoms. The monoisotopic (exact) mass is 436 g/mol. The number of hydrogen-bond acceptors (Lipinski definition) is 5. The van der Waals surface area contributed by atoms with Crippen LogP contribution in [-0.4, -0.2) is 38.8 Å². The van der Waals surface area contributed by atoms with E-state index in [9.17, 15) is 9.59 Å². The van der Waals surface area contributed by atoms with Crippen molar-refractivity contribution < 1.29 is 14.3 Å². The molecule has 2 aromatic carbocycles. The summed E-state index contributed by atoms with van der Waals surface area (Å²) in [6, 6.07) is 17.6. The fourth-order valence-corrected chi connectivity index (χ4v) is 4.94. The molecule has 0 bridgehead atoms. The van der Waals surface area contributed by atoms with E-state index in [1.807, 2.05) is 48.7 Å². The number of hydrogen-bond donors (Lipinski definition) is 0. The average Bonchev–Trinajstić information content (AvgIpc) is 3.24. The lowest BCUT2D eigenvalue weighted by Gasteiger charge is -2.20. The minimum Gasteiger partial charge on any atom is -0.467 e. The van der Waals surface area contributed by atoms with E-state index in [-0.39, 0.29) is 5.91 Å². The molecular weight excluding hydrogens is 416 g/mol. The summed E-state index contributed by atoms with van der Waals surface area (Å²) >= 11 is 6.56. The van der Waals surface area contributed by atoms with E-state index in [0.29, 0.717) is 9.23 Å². The number of nitrogens with zero attached hydrogens (tertiary/aromatic N) is 2. The lowest BCUT2D eigenvalue weighted by molar-refractivity contribution is -0.147. The van der Waals surface area contributed by atoms with Crippen LogP contribution in [-0.2, 0) is 20.9 Å². The second kappa shape index (κ2) is 8.45. The number of esters is 1. The van der Waals surface area contributed by atoms with Gasteiger partial charge >= 0.3 is 5.97 Å². The molecule has 1 aromatic heterocycles. The maximum atomic E-state index is 13.0. The number of aromatic nitrogens is 1. The first-order valence-electron chi connectivity index (χ1n) is 9.46. The maximum Gasteiger partial charge on any atom is 0.328 e. The summed E-state index contributed by atoms with van der Waals surface area (Å²) in [6.45, 7) is 2.35. The molecule has 0 aliphatic carbocycles. The van der Waals surface area contributed by atoms with E-state index in [4.69, 9.17) is 17.0 Å². The predicted octanol–water partition coefficient (Wildman–Crippen LogP) is 4.45. The molecule has 1 amide bonds. The first-order chi connectivity index (χ1) is 14.5. The van der Waals surface area contributed by atoms with Gasteiger partial charge in [-0.3, -0.25) is 9.69 Å². The van der Waals surface area contributed by atoms with Gasteiger partial charge in [-0.1, -0.05) is 72.5 Å². The van der Waals surface area contributed by atoms with Crippen LogP contribution in [0, 0.1) is 0 Å². The Morgan fingerprint density at radius 2 is 1.87 bits per heavy atom. The van der Waals surface area contributed by atoms with Gasteiger partial charge in [0.25, 0.3) is 5.91 Å². The number of ether oxygens (including phenoxy) is 1. The highest BCUT2D eigenvalue weighted by Gasteiger charge is 2.38. The molecule has 2 heterocycles. The third kappa shape index (κ3) is 3.78. The van der Waals surface area contributed by atoms with Crippen molar-refractivity contribution >= 4 is 57.2 Å². The van der Waals surface area contributed by atoms with E-state index in [0.717, 1.165) is 23.0 Å². The molecule has 0 saturated carbocycles. The second-order valence-electron chi connectivity index (χ2n) is 6.97. The molecular formula is C23H20N2O3S2. The van der Waals surface area contributed by atoms with Crippen LogP contribution in [0.15, 0.2) is 65.7 Å². The molecule has 0 unspecified atom stereocenters. The number of thioether (sulfide) groups is 1. The summed E-state index contributed by atoms with van der Waals surface area (Å²) in [6.07, 6.45) is 3.90. The number of fused-ring (bicyclic) bond motifs is 1. The zero-order chi connectivity index (χ0) is 21.3. The molecule has 30 heavy (non-hydrogen) atoms. The molecule has 3 aromatic rings. The molecule has 0 radical (unpaired) electrons. The number of rotatable bonds is 5. The topological polar surface area (TPSA) is 51.5 Å². The van der Waals surface area contributed by atoms with Gasteiger partial charge in [-0.05, 0) is 24.6 Å². The standard InChI is InChI=1S/C23H20N2O3S2/c1-15(22(27)28-2)25-21(26)20(30-23(25)29)12-17-14-24(13-16-8-4-3-5-9-16)19-11-7-6-10-18(17)19/h3-12,14-15H,13H2,1-2H3/b20-12+/t15-/m1/s1. The number of thiocarbonyl (C=S) groups is 1. The number of carbonyl (C=O) groups excluding carboxylic acids is 2. The van der Waals surface area contributed by atoms with Crippen LogP contribution in [0.4, 0.5) is 0 Å². The smallest absolute Gasteiger partial charge is 0.328 e. The van der Waals surface area contributed by atoms with Crippen LogP contribution in [0.1, 0.15) is 18.1 Å². The van der Waals surface area contributed by atoms with Crippen LogP contribution in [0.2, 0.25) is 0 Å². The molecule has 1 saturated heterocycles. The summed E-state index contributed by atoms with van der Waals surface area (Å²) in [7, 11) is 1.30. The quantitative estimate of drug-likeness (QED) is 0.336. The summed E-state index contributed by atoms with van der Waals surface area (Å²) in [5, 5.41) is 1.06. The Balaban J connectivity index is 1.70. The van der Waals surface area contributed by atoms with Gasteiger partial charge in [0.1, 0.15) is 10.4 Å². The van der Waals surface area contributed by atoms with Gasteiger partial charge in [0.2, 0.25) is 0 Å². The summed E-state index contributed by atoms with van der Waals surface area (Å²) in [5.74, 6) is -0.769. The van der Waals surface area contributed by atoms with Crippen LogP contribution >= 0.6 is 24.0 Å².